The van der Waals surface area contributed by atoms with Crippen LogP contribution in [-0.2, 0) is 10.0 Å². The van der Waals surface area contributed by atoms with Crippen LogP contribution >= 0.6 is 0 Å². The first kappa shape index (κ1) is 14.1. The summed E-state index contributed by atoms with van der Waals surface area (Å²) in [5.41, 5.74) is 2.40. The van der Waals surface area contributed by atoms with Crippen LogP contribution in [0.2, 0.25) is 0 Å². The Morgan fingerprint density at radius 3 is 2.77 bits per heavy atom. The minimum absolute atomic E-state index is 0.158. The van der Waals surface area contributed by atoms with Crippen LogP contribution in [0.25, 0.3) is 10.9 Å². The van der Waals surface area contributed by atoms with E-state index in [-0.39, 0.29) is 4.90 Å². The average molecular weight is 312 g/mol. The van der Waals surface area contributed by atoms with Crippen LogP contribution in [0.15, 0.2) is 47.5 Å². The summed E-state index contributed by atoms with van der Waals surface area (Å²) in [5.74, 6) is 0. The molecule has 0 aliphatic heterocycles. The van der Waals surface area contributed by atoms with E-state index in [0.717, 1.165) is 10.9 Å². The number of nitrogens with one attached hydrogen (secondary N) is 2. The molecular formula is C15H12N4O2S. The van der Waals surface area contributed by atoms with Gasteiger partial charge in [-0.3, -0.25) is 9.82 Å². The van der Waals surface area contributed by atoms with E-state index < -0.39 is 10.0 Å². The number of nitrogens with zero attached hydrogens (tertiary/aromatic N) is 2. The normalized spacial score (nSPS) is 11.3. The molecule has 0 saturated carbocycles. The molecule has 3 aromatic rings. The van der Waals surface area contributed by atoms with Gasteiger partial charge in [-0.05, 0) is 48.9 Å². The van der Waals surface area contributed by atoms with Crippen LogP contribution in [0.3, 0.4) is 0 Å². The van der Waals surface area contributed by atoms with Gasteiger partial charge in [-0.15, -0.1) is 0 Å². The summed E-state index contributed by atoms with van der Waals surface area (Å²) in [4.78, 5) is 0.158. The molecular weight excluding hydrogens is 300 g/mol. The zero-order chi connectivity index (χ0) is 15.7. The SMILES string of the molecule is Cc1cc(C#N)ccc1NS(=O)(=O)c1ccc2[nH]ncc2c1. The number of hydrogen-bond acceptors (Lipinski definition) is 4. The number of hydrogen-bond donors (Lipinski definition) is 2. The number of benzene rings is 2. The zero-order valence-corrected chi connectivity index (χ0v) is 12.5. The molecule has 0 unspecified atom stereocenters. The van der Waals surface area contributed by atoms with E-state index in [4.69, 9.17) is 5.26 Å². The fourth-order valence-corrected chi connectivity index (χ4v) is 3.31. The highest BCUT2D eigenvalue weighted by Gasteiger charge is 2.16. The standard InChI is InChI=1S/C15H12N4O2S/c1-10-6-11(8-16)2-4-14(10)19-22(20,21)13-3-5-15-12(7-13)9-17-18-15/h2-7,9,19H,1H3,(H,17,18). The molecule has 22 heavy (non-hydrogen) atoms. The van der Waals surface area contributed by atoms with Crippen LogP contribution in [0.4, 0.5) is 5.69 Å². The first-order chi connectivity index (χ1) is 10.5. The van der Waals surface area contributed by atoms with Crippen molar-refractivity contribution in [3.63, 3.8) is 0 Å². The Morgan fingerprint density at radius 1 is 1.23 bits per heavy atom. The van der Waals surface area contributed by atoms with Gasteiger partial charge in [-0.2, -0.15) is 10.4 Å². The number of aryl methyl sites for hydroxylation is 1. The van der Waals surface area contributed by atoms with Crippen LogP contribution in [-0.4, -0.2) is 18.6 Å². The van der Waals surface area contributed by atoms with Crippen molar-refractivity contribution in [2.75, 3.05) is 4.72 Å². The lowest BCUT2D eigenvalue weighted by Crippen LogP contribution is -2.13. The number of H-pyrrole nitrogens is 1. The third kappa shape index (κ3) is 2.52. The second-order valence-electron chi connectivity index (χ2n) is 4.87. The van der Waals surface area contributed by atoms with Gasteiger partial charge in [0.15, 0.2) is 0 Å². The maximum atomic E-state index is 12.5. The van der Waals surface area contributed by atoms with Crippen molar-refractivity contribution < 1.29 is 8.42 Å². The van der Waals surface area contributed by atoms with E-state index in [1.807, 2.05) is 6.07 Å². The molecule has 0 aliphatic rings. The molecule has 0 aliphatic carbocycles. The second kappa shape index (κ2) is 5.16. The van der Waals surface area contributed by atoms with Gasteiger partial charge in [-0.1, -0.05) is 0 Å². The van der Waals surface area contributed by atoms with Gasteiger partial charge in [0.2, 0.25) is 0 Å². The average Bonchev–Trinajstić information content (AvgIpc) is 2.96. The summed E-state index contributed by atoms with van der Waals surface area (Å²) in [6.07, 6.45) is 1.57. The van der Waals surface area contributed by atoms with Gasteiger partial charge < -0.3 is 0 Å². The second-order valence-corrected chi connectivity index (χ2v) is 6.55. The minimum Gasteiger partial charge on any atom is -0.279 e. The fourth-order valence-electron chi connectivity index (χ4n) is 2.14. The Labute approximate surface area is 127 Å². The summed E-state index contributed by atoms with van der Waals surface area (Å²) in [5, 5.41) is 16.2. The molecule has 0 radical (unpaired) electrons. The lowest BCUT2D eigenvalue weighted by atomic mass is 10.1. The van der Waals surface area contributed by atoms with Crippen LogP contribution in [0.1, 0.15) is 11.1 Å². The van der Waals surface area contributed by atoms with Crippen molar-refractivity contribution >= 4 is 26.6 Å². The number of fused-ring (bicyclic) bond motifs is 1. The molecule has 7 heteroatoms. The summed E-state index contributed by atoms with van der Waals surface area (Å²) in [7, 11) is -3.70. The first-order valence-electron chi connectivity index (χ1n) is 6.46. The van der Waals surface area contributed by atoms with Crippen molar-refractivity contribution in [2.45, 2.75) is 11.8 Å². The maximum absolute atomic E-state index is 12.5. The van der Waals surface area contributed by atoms with Crippen molar-refractivity contribution in [3.8, 4) is 6.07 Å². The van der Waals surface area contributed by atoms with Gasteiger partial charge in [0, 0.05) is 5.39 Å². The summed E-state index contributed by atoms with van der Waals surface area (Å²) in [6, 6.07) is 11.6. The van der Waals surface area contributed by atoms with Crippen LogP contribution in [0, 0.1) is 18.3 Å². The topological polar surface area (TPSA) is 98.6 Å². The molecule has 0 amide bonds. The van der Waals surface area contributed by atoms with E-state index in [2.05, 4.69) is 14.9 Å². The quantitative estimate of drug-likeness (QED) is 0.776. The molecule has 0 atom stereocenters. The highest BCUT2D eigenvalue weighted by molar-refractivity contribution is 7.92. The molecule has 0 fully saturated rings. The van der Waals surface area contributed by atoms with Crippen molar-refractivity contribution in [2.24, 2.45) is 0 Å². The Kier molecular flexibility index (Phi) is 3.31. The third-order valence-corrected chi connectivity index (χ3v) is 4.68. The highest BCUT2D eigenvalue weighted by Crippen LogP contribution is 2.22. The largest absolute Gasteiger partial charge is 0.279 e. The molecule has 6 nitrogen and oxygen atoms in total. The summed E-state index contributed by atoms with van der Waals surface area (Å²) in [6.45, 7) is 1.75. The van der Waals surface area contributed by atoms with Crippen molar-refractivity contribution in [1.29, 1.82) is 5.26 Å². The van der Waals surface area contributed by atoms with Gasteiger partial charge in [0.1, 0.15) is 0 Å². The van der Waals surface area contributed by atoms with Gasteiger partial charge in [-0.25, -0.2) is 8.42 Å². The van der Waals surface area contributed by atoms with E-state index in [9.17, 15) is 8.42 Å². The number of aromatic amines is 1. The number of sulfonamides is 1. The van der Waals surface area contributed by atoms with Crippen molar-refractivity contribution in [3.05, 3.63) is 53.7 Å². The van der Waals surface area contributed by atoms with Crippen LogP contribution < -0.4 is 4.72 Å². The smallest absolute Gasteiger partial charge is 0.261 e. The predicted octanol–water partition coefficient (Wildman–Crippen LogP) is 2.54. The minimum atomic E-state index is -3.70. The highest BCUT2D eigenvalue weighted by atomic mass is 32.2. The Hall–Kier alpha value is -2.85. The number of rotatable bonds is 3. The lowest BCUT2D eigenvalue weighted by molar-refractivity contribution is 0.601. The maximum Gasteiger partial charge on any atom is 0.261 e. The first-order valence-corrected chi connectivity index (χ1v) is 7.94. The Balaban J connectivity index is 1.98. The van der Waals surface area contributed by atoms with E-state index in [1.165, 1.54) is 6.07 Å². The van der Waals surface area contributed by atoms with Crippen LogP contribution in [0.5, 0.6) is 0 Å². The number of nitriles is 1. The molecule has 1 heterocycles. The van der Waals surface area contributed by atoms with Gasteiger partial charge >= 0.3 is 0 Å². The third-order valence-electron chi connectivity index (χ3n) is 3.32. The Bertz CT molecular complexity index is 1000. The van der Waals surface area contributed by atoms with Crippen molar-refractivity contribution in [1.82, 2.24) is 10.2 Å². The summed E-state index contributed by atoms with van der Waals surface area (Å²) >= 11 is 0. The zero-order valence-electron chi connectivity index (χ0n) is 11.7. The molecule has 2 N–H and O–H groups in total. The number of anilines is 1. The van der Waals surface area contributed by atoms with Gasteiger partial charge in [0.25, 0.3) is 10.0 Å². The molecule has 2 aromatic carbocycles. The molecule has 0 saturated heterocycles. The molecule has 3 rings (SSSR count). The van der Waals surface area contributed by atoms with E-state index in [1.54, 1.807) is 43.5 Å². The van der Waals surface area contributed by atoms with E-state index in [0.29, 0.717) is 16.8 Å². The predicted molar refractivity (Wildman–Crippen MR) is 82.8 cm³/mol. The fraction of sp³-hybridized carbons (Fsp3) is 0.0667. The Morgan fingerprint density at radius 2 is 2.05 bits per heavy atom. The summed E-state index contributed by atoms with van der Waals surface area (Å²) < 4.78 is 27.5. The molecule has 0 spiro atoms. The molecule has 110 valence electrons. The van der Waals surface area contributed by atoms with E-state index >= 15 is 0 Å². The lowest BCUT2D eigenvalue weighted by Gasteiger charge is -2.10. The monoisotopic (exact) mass is 312 g/mol. The van der Waals surface area contributed by atoms with Gasteiger partial charge in [0.05, 0.1) is 33.9 Å². The number of aromatic nitrogens is 2. The molecule has 0 bridgehead atoms. The molecule has 1 aromatic heterocycles.